The van der Waals surface area contributed by atoms with Crippen LogP contribution in [0.5, 0.6) is 0 Å². The first-order chi connectivity index (χ1) is 19.2. The molecule has 0 unspecified atom stereocenters. The number of aryl methyl sites for hydroxylation is 3. The van der Waals surface area contributed by atoms with E-state index in [0.29, 0.717) is 6.04 Å². The van der Waals surface area contributed by atoms with Gasteiger partial charge in [0.05, 0.1) is 0 Å². The van der Waals surface area contributed by atoms with Gasteiger partial charge in [-0.2, -0.15) is 0 Å². The maximum atomic E-state index is 6.92. The molecule has 0 bridgehead atoms. The molecule has 0 aliphatic carbocycles. The summed E-state index contributed by atoms with van der Waals surface area (Å²) in [5, 5.41) is 3.57. The van der Waals surface area contributed by atoms with E-state index in [1.165, 1.54) is 48.9 Å². The molecule has 0 heterocycles. The highest BCUT2D eigenvalue weighted by atomic mass is 28.5. The zero-order chi connectivity index (χ0) is 28.7. The van der Waals surface area contributed by atoms with Crippen molar-refractivity contribution in [3.8, 4) is 0 Å². The molecule has 0 aromatic heterocycles. The van der Waals surface area contributed by atoms with Crippen molar-refractivity contribution in [1.82, 2.24) is 0 Å². The SMILES string of the molecule is C=Cc1cccc(C[Si](O[Si]c2cccc(C)c2C)(O[Si]c2cccc(C)c2C)O[Si]c2cccc(C)c2C)c1. The highest BCUT2D eigenvalue weighted by Crippen LogP contribution is 2.19. The van der Waals surface area contributed by atoms with E-state index in [1.54, 1.807) is 0 Å². The van der Waals surface area contributed by atoms with Crippen molar-refractivity contribution in [2.24, 2.45) is 0 Å². The van der Waals surface area contributed by atoms with Crippen molar-refractivity contribution in [2.75, 3.05) is 0 Å². The van der Waals surface area contributed by atoms with Crippen LogP contribution in [0, 0.1) is 41.5 Å². The maximum absolute atomic E-state index is 6.92. The van der Waals surface area contributed by atoms with Gasteiger partial charge in [-0.1, -0.05) is 91.5 Å². The van der Waals surface area contributed by atoms with Crippen LogP contribution in [-0.4, -0.2) is 38.1 Å². The molecule has 3 nitrogen and oxygen atoms in total. The third-order valence-corrected chi connectivity index (χ3v) is 15.5. The molecular weight excluding hydrogens is 557 g/mol. The molecule has 0 aliphatic heterocycles. The Hall–Kier alpha value is -2.63. The largest absolute Gasteiger partial charge is 0.474 e. The fourth-order valence-electron chi connectivity index (χ4n) is 4.23. The van der Waals surface area contributed by atoms with Crippen molar-refractivity contribution >= 4 is 59.7 Å². The second kappa shape index (κ2) is 13.8. The molecule has 0 fully saturated rings. The molecule has 0 spiro atoms. The molecule has 0 aliphatic rings. The summed E-state index contributed by atoms with van der Waals surface area (Å²) in [4.78, 5) is 0. The Labute approximate surface area is 248 Å². The number of hydrogen-bond acceptors (Lipinski definition) is 3. The second-order valence-electron chi connectivity index (χ2n) is 10.2. The van der Waals surface area contributed by atoms with Gasteiger partial charge in [0, 0.05) is 6.04 Å². The van der Waals surface area contributed by atoms with Crippen molar-refractivity contribution in [2.45, 2.75) is 47.6 Å². The fourth-order valence-corrected chi connectivity index (χ4v) is 12.2. The lowest BCUT2D eigenvalue weighted by molar-refractivity contribution is 0.284. The summed E-state index contributed by atoms with van der Waals surface area (Å²) >= 11 is 0. The minimum Gasteiger partial charge on any atom is -0.411 e. The Morgan fingerprint density at radius 3 is 1.40 bits per heavy atom. The first-order valence-electron chi connectivity index (χ1n) is 13.4. The zero-order valence-electron chi connectivity index (χ0n) is 24.2. The van der Waals surface area contributed by atoms with E-state index in [1.807, 2.05) is 6.08 Å². The predicted octanol–water partition coefficient (Wildman–Crippen LogP) is 5.08. The van der Waals surface area contributed by atoms with Gasteiger partial charge in [0.2, 0.25) is 0 Å². The molecule has 0 N–H and O–H groups in total. The Kier molecular flexibility index (Phi) is 10.5. The smallest absolute Gasteiger partial charge is 0.411 e. The minimum absolute atomic E-state index is 0.126. The van der Waals surface area contributed by atoms with Crippen LogP contribution in [0.2, 0.25) is 0 Å². The topological polar surface area (TPSA) is 27.7 Å². The van der Waals surface area contributed by atoms with Gasteiger partial charge in [0.1, 0.15) is 0 Å². The summed E-state index contributed by atoms with van der Waals surface area (Å²) in [6.45, 7) is 16.9. The van der Waals surface area contributed by atoms with Crippen LogP contribution in [0.1, 0.15) is 44.5 Å². The van der Waals surface area contributed by atoms with Crippen LogP contribution >= 0.6 is 0 Å². The standard InChI is InChI=1S/C33H36O3Si4/c1-8-29-16-12-17-30(21-29)22-40(34-37-31-18-9-13-23(2)26(31)5,35-38-32-19-10-14-24(3)27(32)6)36-39-33-20-11-15-25(4)28(33)7/h8-21H,1,22H2,2-7H3. The predicted molar refractivity (Wildman–Crippen MR) is 173 cm³/mol. The lowest BCUT2D eigenvalue weighted by Crippen LogP contribution is -2.55. The number of hydrogen-bond donors (Lipinski definition) is 0. The first-order valence-corrected chi connectivity index (χ1v) is 18.1. The molecule has 4 aromatic carbocycles. The average molecular weight is 593 g/mol. The molecular formula is C33H36O3Si4. The molecule has 4 aromatic rings. The third kappa shape index (κ3) is 7.55. The van der Waals surface area contributed by atoms with Crippen LogP contribution in [0.3, 0.4) is 0 Å². The lowest BCUT2D eigenvalue weighted by Gasteiger charge is -2.31. The van der Waals surface area contributed by atoms with Crippen LogP contribution < -0.4 is 15.6 Å². The van der Waals surface area contributed by atoms with Gasteiger partial charge >= 0.3 is 8.80 Å². The van der Waals surface area contributed by atoms with E-state index >= 15 is 0 Å². The summed E-state index contributed by atoms with van der Waals surface area (Å²) < 4.78 is 20.8. The quantitative estimate of drug-likeness (QED) is 0.215. The Morgan fingerprint density at radius 2 is 1.00 bits per heavy atom. The van der Waals surface area contributed by atoms with E-state index in [-0.39, 0.29) is 29.3 Å². The van der Waals surface area contributed by atoms with Gasteiger partial charge < -0.3 is 12.3 Å². The van der Waals surface area contributed by atoms with Crippen molar-refractivity contribution in [3.05, 3.63) is 130 Å². The summed E-state index contributed by atoms with van der Waals surface area (Å²) in [6.07, 6.45) is 1.88. The van der Waals surface area contributed by atoms with Crippen molar-refractivity contribution < 1.29 is 12.3 Å². The maximum Gasteiger partial charge on any atom is 0.474 e. The number of benzene rings is 4. The van der Waals surface area contributed by atoms with Gasteiger partial charge in [-0.05, 0) is 102 Å². The Morgan fingerprint density at radius 1 is 0.600 bits per heavy atom. The van der Waals surface area contributed by atoms with Gasteiger partial charge in [-0.3, -0.25) is 0 Å². The second-order valence-corrected chi connectivity index (χ2v) is 16.6. The Balaban J connectivity index is 1.73. The van der Waals surface area contributed by atoms with E-state index in [4.69, 9.17) is 12.3 Å². The molecule has 0 amide bonds. The van der Waals surface area contributed by atoms with E-state index in [9.17, 15) is 0 Å². The molecule has 6 radical (unpaired) electrons. The van der Waals surface area contributed by atoms with Gasteiger partial charge in [-0.25, -0.2) is 0 Å². The van der Waals surface area contributed by atoms with Crippen molar-refractivity contribution in [3.63, 3.8) is 0 Å². The minimum atomic E-state index is -3.24. The Bertz CT molecular complexity index is 1350. The zero-order valence-corrected chi connectivity index (χ0v) is 28.2. The third-order valence-electron chi connectivity index (χ3n) is 7.37. The summed E-state index contributed by atoms with van der Waals surface area (Å²) in [7, 11) is -2.86. The van der Waals surface area contributed by atoms with E-state index in [2.05, 4.69) is 127 Å². The molecule has 0 saturated heterocycles. The van der Waals surface area contributed by atoms with Crippen molar-refractivity contribution in [1.29, 1.82) is 0 Å². The molecule has 0 atom stereocenters. The number of rotatable bonds is 12. The van der Waals surface area contributed by atoms with E-state index < -0.39 is 8.80 Å². The molecule has 202 valence electrons. The van der Waals surface area contributed by atoms with Gasteiger partial charge in [0.25, 0.3) is 29.3 Å². The van der Waals surface area contributed by atoms with Crippen LogP contribution in [0.4, 0.5) is 0 Å². The van der Waals surface area contributed by atoms with E-state index in [0.717, 1.165) is 11.1 Å². The first kappa shape index (κ1) is 30.3. The van der Waals surface area contributed by atoms with Crippen LogP contribution in [-0.2, 0) is 18.4 Å². The monoisotopic (exact) mass is 592 g/mol. The molecule has 4 rings (SSSR count). The highest BCUT2D eigenvalue weighted by Gasteiger charge is 2.42. The molecule has 40 heavy (non-hydrogen) atoms. The van der Waals surface area contributed by atoms with Gasteiger partial charge in [-0.15, -0.1) is 0 Å². The average Bonchev–Trinajstić information content (AvgIpc) is 2.95. The molecule has 7 heteroatoms. The summed E-state index contributed by atoms with van der Waals surface area (Å²) in [6, 6.07) is 28.2. The highest BCUT2D eigenvalue weighted by molar-refractivity contribution is 6.78. The lowest BCUT2D eigenvalue weighted by atomic mass is 10.1. The fraction of sp³-hybridized carbons (Fsp3) is 0.212. The van der Waals surface area contributed by atoms with Crippen LogP contribution in [0.25, 0.3) is 6.08 Å². The summed E-state index contributed by atoms with van der Waals surface area (Å²) in [5.41, 5.74) is 9.75. The normalized spacial score (nSPS) is 11.6. The summed E-state index contributed by atoms with van der Waals surface area (Å²) in [5.74, 6) is 0. The van der Waals surface area contributed by atoms with Gasteiger partial charge in [0.15, 0.2) is 0 Å². The van der Waals surface area contributed by atoms with Crippen LogP contribution in [0.15, 0.2) is 85.4 Å². The molecule has 0 saturated carbocycles.